The van der Waals surface area contributed by atoms with E-state index in [1.54, 1.807) is 0 Å². The molecule has 0 aromatic heterocycles. The Bertz CT molecular complexity index is 647. The molecule has 0 N–H and O–H groups in total. The Kier molecular flexibility index (Phi) is 4.43. The fourth-order valence-corrected chi connectivity index (χ4v) is 4.73. The van der Waals surface area contributed by atoms with Crippen LogP contribution in [0.3, 0.4) is 0 Å². The van der Waals surface area contributed by atoms with Crippen LogP contribution in [0.2, 0.25) is 0 Å². The van der Waals surface area contributed by atoms with Crippen molar-refractivity contribution in [1.29, 1.82) is 0 Å². The second-order valence-corrected chi connectivity index (χ2v) is 7.56. The van der Waals surface area contributed by atoms with Crippen molar-refractivity contribution in [3.8, 4) is 11.1 Å². The molecular weight excluding hydrogens is 292 g/mol. The lowest BCUT2D eigenvalue weighted by Crippen LogP contribution is -2.50. The first-order valence-electron chi connectivity index (χ1n) is 9.30. The quantitative estimate of drug-likeness (QED) is 0.703. The van der Waals surface area contributed by atoms with E-state index in [9.17, 15) is 0 Å². The predicted molar refractivity (Wildman–Crippen MR) is 101 cm³/mol. The standard InChI is InChI=1S/C22H28N2/c1-23-15-17-9-3-5-11-19(17)20-12-6-4-10-18(20)16-24(2)22-14-8-7-13-21(22)23/h3-6,9-12,21-22H,7-8,13-16H2,1-2H3/t21-,22-/m1/s1. The van der Waals surface area contributed by atoms with Crippen molar-refractivity contribution >= 4 is 0 Å². The molecule has 126 valence electrons. The van der Waals surface area contributed by atoms with Crippen LogP contribution in [0.4, 0.5) is 0 Å². The Labute approximate surface area is 146 Å². The lowest BCUT2D eigenvalue weighted by molar-refractivity contribution is 0.0689. The van der Waals surface area contributed by atoms with Crippen LogP contribution in [0.1, 0.15) is 36.8 Å². The minimum Gasteiger partial charge on any atom is -0.298 e. The summed E-state index contributed by atoms with van der Waals surface area (Å²) in [4.78, 5) is 5.21. The monoisotopic (exact) mass is 320 g/mol. The van der Waals surface area contributed by atoms with Gasteiger partial charge in [0, 0.05) is 25.2 Å². The second kappa shape index (κ2) is 6.70. The van der Waals surface area contributed by atoms with Gasteiger partial charge in [-0.3, -0.25) is 9.80 Å². The second-order valence-electron chi connectivity index (χ2n) is 7.56. The topological polar surface area (TPSA) is 6.48 Å². The van der Waals surface area contributed by atoms with Crippen LogP contribution in [0.15, 0.2) is 48.5 Å². The molecule has 0 bridgehead atoms. The van der Waals surface area contributed by atoms with Crippen LogP contribution in [-0.4, -0.2) is 36.0 Å². The molecule has 0 radical (unpaired) electrons. The summed E-state index contributed by atoms with van der Waals surface area (Å²) in [6.45, 7) is 2.08. The molecule has 4 rings (SSSR count). The summed E-state index contributed by atoms with van der Waals surface area (Å²) >= 11 is 0. The number of likely N-dealkylation sites (N-methyl/N-ethyl adjacent to an activating group) is 2. The maximum atomic E-state index is 2.60. The van der Waals surface area contributed by atoms with Gasteiger partial charge in [-0.2, -0.15) is 0 Å². The van der Waals surface area contributed by atoms with E-state index in [4.69, 9.17) is 0 Å². The lowest BCUT2D eigenvalue weighted by atomic mass is 9.86. The van der Waals surface area contributed by atoms with Crippen molar-refractivity contribution in [2.75, 3.05) is 14.1 Å². The van der Waals surface area contributed by atoms with Crippen LogP contribution in [0.25, 0.3) is 11.1 Å². The summed E-state index contributed by atoms with van der Waals surface area (Å²) in [7, 11) is 4.64. The molecule has 0 amide bonds. The van der Waals surface area contributed by atoms with E-state index in [1.807, 2.05) is 0 Å². The molecule has 2 heteroatoms. The van der Waals surface area contributed by atoms with E-state index in [0.29, 0.717) is 12.1 Å². The van der Waals surface area contributed by atoms with Gasteiger partial charge in [-0.15, -0.1) is 0 Å². The summed E-state index contributed by atoms with van der Waals surface area (Å²) in [6.07, 6.45) is 5.40. The van der Waals surface area contributed by atoms with Crippen molar-refractivity contribution in [2.24, 2.45) is 0 Å². The Morgan fingerprint density at radius 2 is 1.08 bits per heavy atom. The average Bonchev–Trinajstić information content (AvgIpc) is 2.62. The lowest BCUT2D eigenvalue weighted by Gasteiger charge is -2.43. The first-order valence-corrected chi connectivity index (χ1v) is 9.30. The molecule has 2 aromatic rings. The first kappa shape index (κ1) is 15.9. The molecule has 0 unspecified atom stereocenters. The Morgan fingerprint density at radius 1 is 0.667 bits per heavy atom. The molecule has 1 aliphatic heterocycles. The molecule has 1 aliphatic carbocycles. The van der Waals surface area contributed by atoms with Gasteiger partial charge < -0.3 is 0 Å². The van der Waals surface area contributed by atoms with Gasteiger partial charge in [-0.05, 0) is 49.2 Å². The van der Waals surface area contributed by atoms with E-state index >= 15 is 0 Å². The molecule has 0 spiro atoms. The zero-order valence-corrected chi connectivity index (χ0v) is 14.9. The smallest absolute Gasteiger partial charge is 0.0252 e. The maximum Gasteiger partial charge on any atom is 0.0252 e. The number of rotatable bonds is 0. The number of hydrogen-bond donors (Lipinski definition) is 0. The highest BCUT2D eigenvalue weighted by Gasteiger charge is 2.32. The molecule has 24 heavy (non-hydrogen) atoms. The first-order chi connectivity index (χ1) is 11.7. The van der Waals surface area contributed by atoms with Gasteiger partial charge in [-0.25, -0.2) is 0 Å². The van der Waals surface area contributed by atoms with Gasteiger partial charge >= 0.3 is 0 Å². The maximum absolute atomic E-state index is 2.60. The minimum absolute atomic E-state index is 0.669. The van der Waals surface area contributed by atoms with Crippen molar-refractivity contribution in [3.63, 3.8) is 0 Å². The van der Waals surface area contributed by atoms with Crippen LogP contribution < -0.4 is 0 Å². The summed E-state index contributed by atoms with van der Waals surface area (Å²) in [5, 5.41) is 0. The number of benzene rings is 2. The third kappa shape index (κ3) is 2.89. The summed E-state index contributed by atoms with van der Waals surface area (Å²) in [5.74, 6) is 0. The largest absolute Gasteiger partial charge is 0.298 e. The van der Waals surface area contributed by atoms with Crippen LogP contribution in [0.5, 0.6) is 0 Å². The fraction of sp³-hybridized carbons (Fsp3) is 0.455. The van der Waals surface area contributed by atoms with Crippen LogP contribution in [0, 0.1) is 0 Å². The number of hydrogen-bond acceptors (Lipinski definition) is 2. The Hall–Kier alpha value is -1.64. The van der Waals surface area contributed by atoms with E-state index in [0.717, 1.165) is 13.1 Å². The molecule has 1 saturated carbocycles. The molecule has 2 aromatic carbocycles. The average molecular weight is 320 g/mol. The van der Waals surface area contributed by atoms with Crippen molar-refractivity contribution < 1.29 is 0 Å². The molecule has 2 aliphatic rings. The van der Waals surface area contributed by atoms with E-state index in [-0.39, 0.29) is 0 Å². The van der Waals surface area contributed by atoms with E-state index in [1.165, 1.54) is 47.9 Å². The number of fused-ring (bicyclic) bond motifs is 4. The number of nitrogens with zero attached hydrogens (tertiary/aromatic N) is 2. The summed E-state index contributed by atoms with van der Waals surface area (Å²) in [5.41, 5.74) is 5.73. The van der Waals surface area contributed by atoms with Crippen LogP contribution in [-0.2, 0) is 13.1 Å². The van der Waals surface area contributed by atoms with Crippen molar-refractivity contribution in [2.45, 2.75) is 50.9 Å². The summed E-state index contributed by atoms with van der Waals surface area (Å²) < 4.78 is 0. The fourth-order valence-electron chi connectivity index (χ4n) is 4.73. The van der Waals surface area contributed by atoms with Gasteiger partial charge in [0.15, 0.2) is 0 Å². The third-order valence-corrected chi connectivity index (χ3v) is 5.99. The van der Waals surface area contributed by atoms with Gasteiger partial charge in [0.05, 0.1) is 0 Å². The highest BCUT2D eigenvalue weighted by molar-refractivity contribution is 5.70. The van der Waals surface area contributed by atoms with Crippen molar-refractivity contribution in [1.82, 2.24) is 9.80 Å². The molecule has 0 saturated heterocycles. The zero-order chi connectivity index (χ0) is 16.5. The Balaban J connectivity index is 1.83. The predicted octanol–water partition coefficient (Wildman–Crippen LogP) is 4.54. The normalized spacial score (nSPS) is 25.4. The SMILES string of the molecule is CN1Cc2ccccc2-c2ccccc2CN(C)[C@@H]2CCCC[C@H]21. The summed E-state index contributed by atoms with van der Waals surface area (Å²) in [6, 6.07) is 19.3. The molecule has 1 fully saturated rings. The highest BCUT2D eigenvalue weighted by Crippen LogP contribution is 2.34. The van der Waals surface area contributed by atoms with Crippen LogP contribution >= 0.6 is 0 Å². The van der Waals surface area contributed by atoms with Crippen molar-refractivity contribution in [3.05, 3.63) is 59.7 Å². The van der Waals surface area contributed by atoms with E-state index in [2.05, 4.69) is 72.4 Å². The van der Waals surface area contributed by atoms with E-state index < -0.39 is 0 Å². The molecule has 2 atom stereocenters. The molecule has 2 nitrogen and oxygen atoms in total. The van der Waals surface area contributed by atoms with Gasteiger partial charge in [-0.1, -0.05) is 61.4 Å². The van der Waals surface area contributed by atoms with Gasteiger partial charge in [0.25, 0.3) is 0 Å². The zero-order valence-electron chi connectivity index (χ0n) is 14.9. The molecule has 1 heterocycles. The Morgan fingerprint density at radius 3 is 1.54 bits per heavy atom. The minimum atomic E-state index is 0.669. The molecular formula is C22H28N2. The highest BCUT2D eigenvalue weighted by atomic mass is 15.2. The third-order valence-electron chi connectivity index (χ3n) is 5.99. The van der Waals surface area contributed by atoms with Gasteiger partial charge in [0.1, 0.15) is 0 Å². The van der Waals surface area contributed by atoms with Gasteiger partial charge in [0.2, 0.25) is 0 Å².